The summed E-state index contributed by atoms with van der Waals surface area (Å²) in [6.45, 7) is 22.5. The van der Waals surface area contributed by atoms with E-state index in [0.29, 0.717) is 51.1 Å². The van der Waals surface area contributed by atoms with Gasteiger partial charge in [0, 0.05) is 49.6 Å². The van der Waals surface area contributed by atoms with Crippen molar-refractivity contribution >= 4 is 23.6 Å². The molecule has 9 unspecified atom stereocenters. The van der Waals surface area contributed by atoms with Crippen LogP contribution in [0, 0.1) is 56.2 Å². The zero-order valence-electron chi connectivity index (χ0n) is 38.0. The van der Waals surface area contributed by atoms with Gasteiger partial charge in [0.15, 0.2) is 5.78 Å². The van der Waals surface area contributed by atoms with Crippen LogP contribution in [0.5, 0.6) is 0 Å². The molecule has 1 amide bonds. The van der Waals surface area contributed by atoms with Crippen LogP contribution in [0.25, 0.3) is 0 Å². The van der Waals surface area contributed by atoms with Crippen LogP contribution in [-0.4, -0.2) is 100 Å². The third-order valence-corrected chi connectivity index (χ3v) is 17.8. The van der Waals surface area contributed by atoms with Gasteiger partial charge in [-0.3, -0.25) is 29.1 Å². The summed E-state index contributed by atoms with van der Waals surface area (Å²) in [6.07, 6.45) is 8.20. The van der Waals surface area contributed by atoms with Gasteiger partial charge < -0.3 is 24.6 Å². The second kappa shape index (κ2) is 16.2. The minimum Gasteiger partial charge on any atom is -0.481 e. The van der Waals surface area contributed by atoms with E-state index < -0.39 is 28.9 Å². The molecule has 2 heterocycles. The van der Waals surface area contributed by atoms with E-state index in [1.54, 1.807) is 20.0 Å². The molecule has 5 aliphatic carbocycles. The highest BCUT2D eigenvalue weighted by molar-refractivity contribution is 6.00. The molecular formula is C49H73N3O8. The summed E-state index contributed by atoms with van der Waals surface area (Å²) >= 11 is 0. The van der Waals surface area contributed by atoms with E-state index in [1.165, 1.54) is 5.57 Å². The van der Waals surface area contributed by atoms with E-state index in [0.717, 1.165) is 62.6 Å². The summed E-state index contributed by atoms with van der Waals surface area (Å²) in [5, 5.41) is 22.4. The van der Waals surface area contributed by atoms with E-state index in [4.69, 9.17) is 9.47 Å². The molecule has 2 N–H and O–H groups in total. The molecule has 9 atom stereocenters. The van der Waals surface area contributed by atoms with Gasteiger partial charge in [-0.15, -0.1) is 0 Å². The molecule has 332 valence electrons. The van der Waals surface area contributed by atoms with Crippen LogP contribution < -0.4 is 0 Å². The van der Waals surface area contributed by atoms with Gasteiger partial charge in [-0.2, -0.15) is 0 Å². The van der Waals surface area contributed by atoms with Gasteiger partial charge in [0.05, 0.1) is 43.4 Å². The van der Waals surface area contributed by atoms with Gasteiger partial charge in [0.2, 0.25) is 5.91 Å². The molecule has 60 heavy (non-hydrogen) atoms. The number of aliphatic carboxylic acids is 1. The van der Waals surface area contributed by atoms with Gasteiger partial charge in [-0.05, 0) is 123 Å². The van der Waals surface area contributed by atoms with Crippen molar-refractivity contribution in [2.45, 2.75) is 145 Å². The number of fused-ring (bicyclic) bond motifs is 7. The zero-order valence-corrected chi connectivity index (χ0v) is 38.0. The number of morpholine rings is 1. The monoisotopic (exact) mass is 832 g/mol. The van der Waals surface area contributed by atoms with E-state index in [2.05, 4.69) is 53.5 Å². The number of aliphatic hydroxyl groups is 1. The number of allylic oxidation sites excluding steroid dienone is 1. The highest BCUT2D eigenvalue weighted by atomic mass is 16.5. The Morgan fingerprint density at radius 2 is 1.68 bits per heavy atom. The highest BCUT2D eigenvalue weighted by Gasteiger charge is 2.71. The van der Waals surface area contributed by atoms with Gasteiger partial charge >= 0.3 is 11.9 Å². The number of rotatable bonds is 12. The summed E-state index contributed by atoms with van der Waals surface area (Å²) in [6, 6.07) is 5.79. The summed E-state index contributed by atoms with van der Waals surface area (Å²) < 4.78 is 11.7. The fraction of sp³-hybridized carbons (Fsp3) is 0.776. The first kappa shape index (κ1) is 44.9. The van der Waals surface area contributed by atoms with Crippen LogP contribution in [0.15, 0.2) is 35.5 Å². The van der Waals surface area contributed by atoms with Gasteiger partial charge in [0.25, 0.3) is 0 Å². The number of ether oxygens (including phenoxy) is 2. The normalized spacial score (nSPS) is 35.7. The molecule has 1 aromatic heterocycles. The highest BCUT2D eigenvalue weighted by Crippen LogP contribution is 2.77. The van der Waals surface area contributed by atoms with Crippen molar-refractivity contribution in [2.24, 2.45) is 56.2 Å². The number of ketones is 1. The molecule has 4 saturated carbocycles. The topological polar surface area (TPSA) is 147 Å². The van der Waals surface area contributed by atoms with Gasteiger partial charge in [-0.1, -0.05) is 60.1 Å². The smallest absolute Gasteiger partial charge is 0.309 e. The number of amides is 1. The minimum absolute atomic E-state index is 0.0142. The van der Waals surface area contributed by atoms with Gasteiger partial charge in [-0.25, -0.2) is 0 Å². The van der Waals surface area contributed by atoms with Crippen molar-refractivity contribution < 1.29 is 38.9 Å². The number of pyridine rings is 1. The van der Waals surface area contributed by atoms with Crippen molar-refractivity contribution in [1.82, 2.24) is 14.8 Å². The molecule has 1 aromatic rings. The quantitative estimate of drug-likeness (QED) is 0.203. The Morgan fingerprint density at radius 1 is 0.967 bits per heavy atom. The third-order valence-electron chi connectivity index (χ3n) is 17.8. The first-order valence-electron chi connectivity index (χ1n) is 23.0. The maximum absolute atomic E-state index is 14.4. The number of esters is 1. The Labute approximate surface area is 358 Å². The standard InChI is InChI=1S/C49H73N3O8/c1-31(2)41-34(53)26-49(37(54)29-51(28-32-12-10-11-21-50-32)30-39(55)52-22-24-59-25-23-52)20-19-47(8)33(42(41)49)13-14-36-46(7)17-16-38(60-40(56)27-44(3,4)43(57)58)45(5,6)35(46)15-18-48(36,47)9/h10-12,21,31,33,35-38,54H,13-20,22-30H2,1-9H3,(H,57,58). The molecule has 11 nitrogen and oxygen atoms in total. The number of carbonyl (C=O) groups excluding carboxylic acids is 3. The van der Waals surface area contributed by atoms with Crippen LogP contribution in [0.3, 0.4) is 0 Å². The molecule has 1 saturated heterocycles. The lowest BCUT2D eigenvalue weighted by molar-refractivity contribution is -0.235. The molecule has 0 radical (unpaired) electrons. The Morgan fingerprint density at radius 3 is 2.33 bits per heavy atom. The van der Waals surface area contributed by atoms with Crippen molar-refractivity contribution in [1.29, 1.82) is 0 Å². The van der Waals surface area contributed by atoms with E-state index in [-0.39, 0.29) is 70.8 Å². The summed E-state index contributed by atoms with van der Waals surface area (Å²) in [4.78, 5) is 61.6. The molecular weight excluding hydrogens is 759 g/mol. The molecule has 6 aliphatic rings. The molecule has 0 aromatic carbocycles. The lowest BCUT2D eigenvalue weighted by atomic mass is 9.33. The van der Waals surface area contributed by atoms with E-state index >= 15 is 0 Å². The maximum Gasteiger partial charge on any atom is 0.309 e. The number of hydrogen-bond donors (Lipinski definition) is 2. The minimum atomic E-state index is -1.19. The Bertz CT molecular complexity index is 1850. The fourth-order valence-electron chi connectivity index (χ4n) is 14.3. The predicted molar refractivity (Wildman–Crippen MR) is 228 cm³/mol. The van der Waals surface area contributed by atoms with Crippen molar-refractivity contribution in [3.63, 3.8) is 0 Å². The Balaban J connectivity index is 1.16. The van der Waals surface area contributed by atoms with Crippen LogP contribution >= 0.6 is 0 Å². The zero-order chi connectivity index (χ0) is 43.6. The molecule has 11 heteroatoms. The average molecular weight is 832 g/mol. The van der Waals surface area contributed by atoms with Crippen LogP contribution in [0.4, 0.5) is 0 Å². The van der Waals surface area contributed by atoms with E-state index in [9.17, 15) is 29.4 Å². The largest absolute Gasteiger partial charge is 0.481 e. The molecule has 5 fully saturated rings. The number of carboxylic acids is 1. The fourth-order valence-corrected chi connectivity index (χ4v) is 14.3. The van der Waals surface area contributed by atoms with Crippen molar-refractivity contribution in [2.75, 3.05) is 39.4 Å². The number of hydrogen-bond acceptors (Lipinski definition) is 9. The summed E-state index contributed by atoms with van der Waals surface area (Å²) in [7, 11) is 0. The lowest BCUT2D eigenvalue weighted by Gasteiger charge is -2.72. The maximum atomic E-state index is 14.4. The second-order valence-electron chi connectivity index (χ2n) is 22.1. The SMILES string of the molecule is CC(C)C1=C2C3CCC4C5(C)CCC(OC(=O)CC(C)(C)C(=O)O)C(C)(C)C5CCC4(C)C3(C)CCC2(C(O)CN(CC(=O)N2CCOCC2)Cc2ccccn2)CC1=O. The number of aliphatic hydroxyl groups excluding tert-OH is 1. The first-order chi connectivity index (χ1) is 28.1. The number of nitrogens with zero attached hydrogens (tertiary/aromatic N) is 3. The van der Waals surface area contributed by atoms with Crippen LogP contribution in [0.1, 0.15) is 132 Å². The number of Topliss-reactive ketones (excluding diaryl/α,β-unsaturated/α-hetero) is 1. The lowest BCUT2D eigenvalue weighted by Crippen LogP contribution is -2.66. The Hall–Kier alpha value is -3.15. The van der Waals surface area contributed by atoms with Crippen LogP contribution in [0.2, 0.25) is 0 Å². The number of carboxylic acid groups (broad SMARTS) is 1. The average Bonchev–Trinajstić information content (AvgIpc) is 3.50. The third kappa shape index (κ3) is 7.48. The van der Waals surface area contributed by atoms with Crippen molar-refractivity contribution in [3.8, 4) is 0 Å². The predicted octanol–water partition coefficient (Wildman–Crippen LogP) is 7.50. The molecule has 0 bridgehead atoms. The first-order valence-corrected chi connectivity index (χ1v) is 23.0. The molecule has 7 rings (SSSR count). The summed E-state index contributed by atoms with van der Waals surface area (Å²) in [5.74, 6) is -0.285. The molecule has 1 aliphatic heterocycles. The van der Waals surface area contributed by atoms with Crippen molar-refractivity contribution in [3.05, 3.63) is 41.2 Å². The van der Waals surface area contributed by atoms with E-state index in [1.807, 2.05) is 28.0 Å². The van der Waals surface area contributed by atoms with Crippen LogP contribution in [-0.2, 0) is 35.2 Å². The Kier molecular flexibility index (Phi) is 12.1. The number of carbonyl (C=O) groups is 4. The van der Waals surface area contributed by atoms with Gasteiger partial charge in [0.1, 0.15) is 6.10 Å². The second-order valence-corrected chi connectivity index (χ2v) is 22.1. The summed E-state index contributed by atoms with van der Waals surface area (Å²) in [5.41, 5.74) is 0.738. The molecule has 0 spiro atoms. The number of aromatic nitrogens is 1.